The molecule has 4 aromatic rings. The molecule has 4 aromatic carbocycles. The first kappa shape index (κ1) is 28.6. The largest absolute Gasteiger partial charge is 0.507 e. The van der Waals surface area contributed by atoms with Gasteiger partial charge in [-0.1, -0.05) is 54.6 Å². The maximum Gasteiger partial charge on any atom is 0.295 e. The Kier molecular flexibility index (Phi) is 8.99. The summed E-state index contributed by atoms with van der Waals surface area (Å²) >= 11 is 0. The van der Waals surface area contributed by atoms with E-state index in [2.05, 4.69) is 0 Å². The number of ether oxygens (including phenoxy) is 3. The van der Waals surface area contributed by atoms with E-state index >= 15 is 0 Å². The summed E-state index contributed by atoms with van der Waals surface area (Å²) in [5.74, 6) is 0.198. The number of aliphatic hydroxyl groups excluding tert-OH is 1. The number of aryl methyl sites for hydroxylation is 1. The average molecular weight is 564 g/mol. The molecule has 0 aliphatic carbocycles. The van der Waals surface area contributed by atoms with E-state index in [-0.39, 0.29) is 17.9 Å². The van der Waals surface area contributed by atoms with Crippen LogP contribution in [0.1, 0.15) is 34.7 Å². The fraction of sp³-hybridized carbons (Fsp3) is 0.200. The summed E-state index contributed by atoms with van der Waals surface area (Å²) in [6.07, 6.45) is 0.535. The van der Waals surface area contributed by atoms with Crippen molar-refractivity contribution in [3.8, 4) is 17.2 Å². The molecule has 1 saturated heterocycles. The minimum atomic E-state index is -0.793. The second-order valence-corrected chi connectivity index (χ2v) is 10.1. The molecule has 0 spiro atoms. The van der Waals surface area contributed by atoms with E-state index in [1.54, 1.807) is 37.4 Å². The van der Waals surface area contributed by atoms with Gasteiger partial charge in [0, 0.05) is 25.8 Å². The summed E-state index contributed by atoms with van der Waals surface area (Å²) in [5, 5.41) is 11.5. The first-order valence-electron chi connectivity index (χ1n) is 13.8. The van der Waals surface area contributed by atoms with Gasteiger partial charge in [0.1, 0.15) is 29.6 Å². The first-order valence-corrected chi connectivity index (χ1v) is 13.8. The number of amides is 1. The molecular formula is C35H33NO6. The number of likely N-dealkylation sites (tertiary alicyclic amines) is 1. The van der Waals surface area contributed by atoms with Gasteiger partial charge in [-0.2, -0.15) is 0 Å². The number of hydrogen-bond acceptors (Lipinski definition) is 6. The van der Waals surface area contributed by atoms with Gasteiger partial charge in [0.05, 0.1) is 11.6 Å². The Morgan fingerprint density at radius 1 is 0.833 bits per heavy atom. The lowest BCUT2D eigenvalue weighted by atomic mass is 9.95. The average Bonchev–Trinajstić information content (AvgIpc) is 3.26. The van der Waals surface area contributed by atoms with Gasteiger partial charge in [0.25, 0.3) is 11.7 Å². The third-order valence-corrected chi connectivity index (χ3v) is 7.22. The first-order chi connectivity index (χ1) is 20.5. The highest BCUT2D eigenvalue weighted by Crippen LogP contribution is 2.41. The van der Waals surface area contributed by atoms with E-state index < -0.39 is 17.7 Å². The predicted molar refractivity (Wildman–Crippen MR) is 160 cm³/mol. The molecule has 1 amide bonds. The highest BCUT2D eigenvalue weighted by atomic mass is 16.5. The zero-order valence-corrected chi connectivity index (χ0v) is 23.7. The number of rotatable bonds is 11. The number of hydrogen-bond donors (Lipinski definition) is 1. The van der Waals surface area contributed by atoms with Crippen LogP contribution in [0.25, 0.3) is 5.76 Å². The summed E-state index contributed by atoms with van der Waals surface area (Å²) < 4.78 is 17.1. The molecule has 0 radical (unpaired) electrons. The van der Waals surface area contributed by atoms with E-state index in [0.717, 1.165) is 11.1 Å². The third-order valence-electron chi connectivity index (χ3n) is 7.22. The number of para-hydroxylation sites is 1. The molecule has 1 aliphatic rings. The minimum Gasteiger partial charge on any atom is -0.507 e. The van der Waals surface area contributed by atoms with Crippen LogP contribution >= 0.6 is 0 Å². The molecule has 42 heavy (non-hydrogen) atoms. The standard InChI is InChI=1S/C35H33NO6/c1-24-10-6-7-11-27(24)23-41-28-18-16-25(17-19-28)33(37)31-32(36(20-9-21-40-2)35(39)34(31)38)26-12-8-15-30(22-26)42-29-13-4-3-5-14-29/h3-8,10-19,22,32,37H,9,20-21,23H2,1-2H3. The van der Waals surface area contributed by atoms with Gasteiger partial charge in [-0.3, -0.25) is 9.59 Å². The summed E-state index contributed by atoms with van der Waals surface area (Å²) in [6, 6.07) is 30.7. The Labute approximate surface area is 245 Å². The van der Waals surface area contributed by atoms with Crippen molar-refractivity contribution >= 4 is 17.4 Å². The monoisotopic (exact) mass is 563 g/mol. The predicted octanol–water partition coefficient (Wildman–Crippen LogP) is 6.82. The topological polar surface area (TPSA) is 85.3 Å². The number of Topliss-reactive ketones (excluding diaryl/α,β-unsaturated/α-hetero) is 1. The molecule has 7 heteroatoms. The number of nitrogens with zero attached hydrogens (tertiary/aromatic N) is 1. The second kappa shape index (κ2) is 13.2. The number of methoxy groups -OCH3 is 1. The lowest BCUT2D eigenvalue weighted by Crippen LogP contribution is -2.31. The maximum absolute atomic E-state index is 13.4. The lowest BCUT2D eigenvalue weighted by Gasteiger charge is -2.25. The van der Waals surface area contributed by atoms with Gasteiger partial charge < -0.3 is 24.2 Å². The number of aliphatic hydroxyl groups is 1. The van der Waals surface area contributed by atoms with Gasteiger partial charge >= 0.3 is 0 Å². The van der Waals surface area contributed by atoms with Crippen LogP contribution in [0.5, 0.6) is 17.2 Å². The van der Waals surface area contributed by atoms with Crippen LogP contribution in [-0.2, 0) is 20.9 Å². The van der Waals surface area contributed by atoms with Crippen molar-refractivity contribution in [3.05, 3.63) is 131 Å². The Balaban J connectivity index is 1.46. The van der Waals surface area contributed by atoms with E-state index in [1.165, 1.54) is 4.90 Å². The Bertz CT molecular complexity index is 1580. The molecule has 1 unspecified atom stereocenters. The highest BCUT2D eigenvalue weighted by molar-refractivity contribution is 6.46. The van der Waals surface area contributed by atoms with Crippen molar-refractivity contribution in [1.29, 1.82) is 0 Å². The van der Waals surface area contributed by atoms with Crippen LogP contribution in [0.2, 0.25) is 0 Å². The number of carbonyl (C=O) groups is 2. The van der Waals surface area contributed by atoms with Gasteiger partial charge in [0.15, 0.2) is 0 Å². The molecule has 1 aliphatic heterocycles. The van der Waals surface area contributed by atoms with Crippen LogP contribution < -0.4 is 9.47 Å². The van der Waals surface area contributed by atoms with Crippen molar-refractivity contribution in [2.45, 2.75) is 26.0 Å². The van der Waals surface area contributed by atoms with Crippen molar-refractivity contribution < 1.29 is 28.9 Å². The van der Waals surface area contributed by atoms with Crippen molar-refractivity contribution in [3.63, 3.8) is 0 Å². The SMILES string of the molecule is COCCCN1C(=O)C(=O)C(=C(O)c2ccc(OCc3ccccc3C)cc2)C1c1cccc(Oc2ccccc2)c1. The molecule has 1 atom stereocenters. The van der Waals surface area contributed by atoms with E-state index in [1.807, 2.05) is 79.7 Å². The molecule has 0 aromatic heterocycles. The van der Waals surface area contributed by atoms with Gasteiger partial charge in [-0.15, -0.1) is 0 Å². The summed E-state index contributed by atoms with van der Waals surface area (Å²) in [7, 11) is 1.59. The molecule has 0 saturated carbocycles. The normalized spacial score (nSPS) is 16.0. The fourth-order valence-corrected chi connectivity index (χ4v) is 5.01. The van der Waals surface area contributed by atoms with Crippen molar-refractivity contribution in [1.82, 2.24) is 4.90 Å². The van der Waals surface area contributed by atoms with Crippen LogP contribution in [0.15, 0.2) is 109 Å². The fourth-order valence-electron chi connectivity index (χ4n) is 5.01. The van der Waals surface area contributed by atoms with Crippen LogP contribution in [0.3, 0.4) is 0 Å². The van der Waals surface area contributed by atoms with Gasteiger partial charge in [0.2, 0.25) is 0 Å². The van der Waals surface area contributed by atoms with Crippen LogP contribution in [0.4, 0.5) is 0 Å². The van der Waals surface area contributed by atoms with Crippen LogP contribution in [0, 0.1) is 6.92 Å². The zero-order valence-electron chi connectivity index (χ0n) is 23.7. The minimum absolute atomic E-state index is 0.0304. The van der Waals surface area contributed by atoms with Crippen molar-refractivity contribution in [2.75, 3.05) is 20.3 Å². The Morgan fingerprint density at radius 2 is 1.55 bits per heavy atom. The Morgan fingerprint density at radius 3 is 2.29 bits per heavy atom. The van der Waals surface area contributed by atoms with E-state index in [4.69, 9.17) is 14.2 Å². The third kappa shape index (κ3) is 6.37. The molecule has 214 valence electrons. The molecular weight excluding hydrogens is 530 g/mol. The second-order valence-electron chi connectivity index (χ2n) is 10.1. The van der Waals surface area contributed by atoms with Crippen LogP contribution in [-0.4, -0.2) is 42.0 Å². The summed E-state index contributed by atoms with van der Waals surface area (Å²) in [4.78, 5) is 28.1. The highest BCUT2D eigenvalue weighted by Gasteiger charge is 2.45. The number of benzene rings is 4. The summed E-state index contributed by atoms with van der Waals surface area (Å²) in [6.45, 7) is 3.16. The molecule has 5 rings (SSSR count). The molecule has 7 nitrogen and oxygen atoms in total. The molecule has 1 N–H and O–H groups in total. The molecule has 1 fully saturated rings. The van der Waals surface area contributed by atoms with E-state index in [0.29, 0.717) is 48.0 Å². The summed E-state index contributed by atoms with van der Waals surface area (Å²) in [5.41, 5.74) is 3.31. The lowest BCUT2D eigenvalue weighted by molar-refractivity contribution is -0.140. The smallest absolute Gasteiger partial charge is 0.295 e. The molecule has 0 bridgehead atoms. The molecule has 1 heterocycles. The zero-order chi connectivity index (χ0) is 29.5. The number of ketones is 1. The van der Waals surface area contributed by atoms with Crippen molar-refractivity contribution in [2.24, 2.45) is 0 Å². The van der Waals surface area contributed by atoms with Gasteiger partial charge in [-0.25, -0.2) is 0 Å². The van der Waals surface area contributed by atoms with E-state index in [9.17, 15) is 14.7 Å². The van der Waals surface area contributed by atoms with Gasteiger partial charge in [-0.05, 0) is 78.6 Å². The Hall–Kier alpha value is -4.88. The maximum atomic E-state index is 13.4. The quantitative estimate of drug-likeness (QED) is 0.0933. The number of carbonyl (C=O) groups excluding carboxylic acids is 2.